The molecule has 0 bridgehead atoms. The van der Waals surface area contributed by atoms with E-state index in [0.29, 0.717) is 5.02 Å². The molecule has 1 atom stereocenters. The Bertz CT molecular complexity index is 312. The standard InChI is InChI=1S/C11H16ClNO/c1-11(2,10(13)7-14)8-5-3-4-6-9(8)12/h3-6,10,14H,7,13H2,1-2H3. The molecule has 0 saturated carbocycles. The minimum atomic E-state index is -0.312. The highest BCUT2D eigenvalue weighted by atomic mass is 35.5. The lowest BCUT2D eigenvalue weighted by atomic mass is 9.78. The summed E-state index contributed by atoms with van der Waals surface area (Å²) in [6.45, 7) is 3.92. The van der Waals surface area contributed by atoms with Gasteiger partial charge in [-0.05, 0) is 11.6 Å². The molecule has 0 saturated heterocycles. The van der Waals surface area contributed by atoms with E-state index in [4.69, 9.17) is 22.4 Å². The van der Waals surface area contributed by atoms with Crippen LogP contribution in [0, 0.1) is 0 Å². The third kappa shape index (κ3) is 2.08. The van der Waals surface area contributed by atoms with Crippen LogP contribution in [0.1, 0.15) is 19.4 Å². The van der Waals surface area contributed by atoms with Crippen LogP contribution in [0.2, 0.25) is 5.02 Å². The largest absolute Gasteiger partial charge is 0.395 e. The van der Waals surface area contributed by atoms with Gasteiger partial charge in [-0.25, -0.2) is 0 Å². The molecule has 0 heterocycles. The minimum absolute atomic E-state index is 0.0434. The second kappa shape index (κ2) is 4.30. The fourth-order valence-electron chi connectivity index (χ4n) is 1.41. The van der Waals surface area contributed by atoms with Crippen molar-refractivity contribution in [3.05, 3.63) is 34.9 Å². The maximum atomic E-state index is 9.05. The van der Waals surface area contributed by atoms with Crippen LogP contribution in [0.15, 0.2) is 24.3 Å². The topological polar surface area (TPSA) is 46.2 Å². The van der Waals surface area contributed by atoms with Crippen molar-refractivity contribution in [3.8, 4) is 0 Å². The molecule has 2 nitrogen and oxygen atoms in total. The molecule has 0 aliphatic heterocycles. The summed E-state index contributed by atoms with van der Waals surface area (Å²) >= 11 is 6.07. The highest BCUT2D eigenvalue weighted by Gasteiger charge is 2.29. The second-order valence-corrected chi connectivity index (χ2v) is 4.40. The van der Waals surface area contributed by atoms with E-state index in [1.807, 2.05) is 38.1 Å². The fraction of sp³-hybridized carbons (Fsp3) is 0.455. The Labute approximate surface area is 89.7 Å². The van der Waals surface area contributed by atoms with Crippen molar-refractivity contribution in [2.75, 3.05) is 6.61 Å². The van der Waals surface area contributed by atoms with Gasteiger partial charge in [0.25, 0.3) is 0 Å². The van der Waals surface area contributed by atoms with Crippen LogP contribution in [0.25, 0.3) is 0 Å². The molecule has 1 unspecified atom stereocenters. The van der Waals surface area contributed by atoms with Crippen LogP contribution >= 0.6 is 11.6 Å². The number of benzene rings is 1. The van der Waals surface area contributed by atoms with Crippen LogP contribution in [0.3, 0.4) is 0 Å². The highest BCUT2D eigenvalue weighted by Crippen LogP contribution is 2.31. The summed E-state index contributed by atoms with van der Waals surface area (Å²) in [4.78, 5) is 0. The number of aliphatic hydroxyl groups excluding tert-OH is 1. The van der Waals surface area contributed by atoms with Gasteiger partial charge >= 0.3 is 0 Å². The van der Waals surface area contributed by atoms with Crippen molar-refractivity contribution in [1.29, 1.82) is 0 Å². The lowest BCUT2D eigenvalue weighted by Gasteiger charge is -2.31. The van der Waals surface area contributed by atoms with Gasteiger partial charge in [-0.3, -0.25) is 0 Å². The SMILES string of the molecule is CC(C)(c1ccccc1Cl)C(N)CO. The monoisotopic (exact) mass is 213 g/mol. The zero-order valence-electron chi connectivity index (χ0n) is 8.50. The van der Waals surface area contributed by atoms with Crippen molar-refractivity contribution < 1.29 is 5.11 Å². The Morgan fingerprint density at radius 2 is 2.00 bits per heavy atom. The number of hydrogen-bond donors (Lipinski definition) is 2. The van der Waals surface area contributed by atoms with Crippen LogP contribution < -0.4 is 5.73 Å². The molecule has 78 valence electrons. The quantitative estimate of drug-likeness (QED) is 0.806. The third-order valence-corrected chi connectivity index (χ3v) is 3.02. The van der Waals surface area contributed by atoms with Gasteiger partial charge in [0.15, 0.2) is 0 Å². The summed E-state index contributed by atoms with van der Waals surface area (Å²) in [5, 5.41) is 9.75. The van der Waals surface area contributed by atoms with Gasteiger partial charge in [-0.2, -0.15) is 0 Å². The van der Waals surface area contributed by atoms with Gasteiger partial charge in [0.05, 0.1) is 6.61 Å². The van der Waals surface area contributed by atoms with Crippen molar-refractivity contribution in [3.63, 3.8) is 0 Å². The lowest BCUT2D eigenvalue weighted by Crippen LogP contribution is -2.43. The fourth-order valence-corrected chi connectivity index (χ4v) is 1.79. The molecule has 3 N–H and O–H groups in total. The summed E-state index contributed by atoms with van der Waals surface area (Å²) in [6.07, 6.45) is 0. The van der Waals surface area contributed by atoms with Gasteiger partial charge in [-0.15, -0.1) is 0 Å². The van der Waals surface area contributed by atoms with Crippen LogP contribution in [0.5, 0.6) is 0 Å². The maximum Gasteiger partial charge on any atom is 0.0591 e. The Morgan fingerprint density at radius 3 is 2.50 bits per heavy atom. The Morgan fingerprint density at radius 1 is 1.43 bits per heavy atom. The maximum absolute atomic E-state index is 9.05. The summed E-state index contributed by atoms with van der Waals surface area (Å²) in [5.74, 6) is 0. The molecule has 1 aromatic rings. The Kier molecular flexibility index (Phi) is 3.53. The predicted molar refractivity (Wildman–Crippen MR) is 59.5 cm³/mol. The first-order valence-electron chi connectivity index (χ1n) is 4.61. The summed E-state index contributed by atoms with van der Waals surface area (Å²) in [5.41, 5.74) is 6.51. The lowest BCUT2D eigenvalue weighted by molar-refractivity contribution is 0.220. The predicted octanol–water partition coefficient (Wildman–Crippen LogP) is 1.94. The molecule has 1 rings (SSSR count). The zero-order valence-corrected chi connectivity index (χ0v) is 9.25. The molecule has 0 radical (unpaired) electrons. The normalized spacial score (nSPS) is 14.1. The molecule has 0 aliphatic rings. The first-order valence-corrected chi connectivity index (χ1v) is 4.99. The van der Waals surface area contributed by atoms with E-state index in [2.05, 4.69) is 0 Å². The molecular formula is C11H16ClNO. The average Bonchev–Trinajstić information content (AvgIpc) is 2.17. The minimum Gasteiger partial charge on any atom is -0.395 e. The second-order valence-electron chi connectivity index (χ2n) is 3.99. The summed E-state index contributed by atoms with van der Waals surface area (Å²) in [6, 6.07) is 7.28. The average molecular weight is 214 g/mol. The summed E-state index contributed by atoms with van der Waals surface area (Å²) < 4.78 is 0. The van der Waals surface area contributed by atoms with E-state index in [0.717, 1.165) is 5.56 Å². The smallest absolute Gasteiger partial charge is 0.0591 e. The van der Waals surface area contributed by atoms with Crippen LogP contribution in [-0.4, -0.2) is 17.8 Å². The number of rotatable bonds is 3. The molecule has 0 amide bonds. The Hall–Kier alpha value is -0.570. The number of aliphatic hydroxyl groups is 1. The van der Waals surface area contributed by atoms with Gasteiger partial charge < -0.3 is 10.8 Å². The molecule has 0 aliphatic carbocycles. The molecule has 0 fully saturated rings. The van der Waals surface area contributed by atoms with Crippen molar-refractivity contribution >= 4 is 11.6 Å². The molecular weight excluding hydrogens is 198 g/mol. The first kappa shape index (κ1) is 11.5. The van der Waals surface area contributed by atoms with Crippen molar-refractivity contribution in [2.24, 2.45) is 5.73 Å². The van der Waals surface area contributed by atoms with Gasteiger partial charge in [0.2, 0.25) is 0 Å². The van der Waals surface area contributed by atoms with Crippen molar-refractivity contribution in [1.82, 2.24) is 0 Å². The third-order valence-electron chi connectivity index (χ3n) is 2.69. The van der Waals surface area contributed by atoms with E-state index in [1.54, 1.807) is 0 Å². The first-order chi connectivity index (χ1) is 6.50. The summed E-state index contributed by atoms with van der Waals surface area (Å²) in [7, 11) is 0. The van der Waals surface area contributed by atoms with E-state index in [1.165, 1.54) is 0 Å². The number of halogens is 1. The van der Waals surface area contributed by atoms with E-state index >= 15 is 0 Å². The van der Waals surface area contributed by atoms with Gasteiger partial charge in [0, 0.05) is 16.5 Å². The highest BCUT2D eigenvalue weighted by molar-refractivity contribution is 6.31. The van der Waals surface area contributed by atoms with Gasteiger partial charge in [-0.1, -0.05) is 43.6 Å². The zero-order chi connectivity index (χ0) is 10.8. The van der Waals surface area contributed by atoms with Gasteiger partial charge in [0.1, 0.15) is 0 Å². The van der Waals surface area contributed by atoms with Crippen LogP contribution in [0.4, 0.5) is 0 Å². The Balaban J connectivity index is 3.09. The molecule has 1 aromatic carbocycles. The van der Waals surface area contributed by atoms with Crippen molar-refractivity contribution in [2.45, 2.75) is 25.3 Å². The molecule has 0 spiro atoms. The number of hydrogen-bond acceptors (Lipinski definition) is 2. The molecule has 14 heavy (non-hydrogen) atoms. The number of nitrogens with two attached hydrogens (primary N) is 1. The molecule has 0 aromatic heterocycles. The van der Waals surface area contributed by atoms with E-state index in [-0.39, 0.29) is 18.1 Å². The van der Waals surface area contributed by atoms with E-state index < -0.39 is 0 Å². The van der Waals surface area contributed by atoms with E-state index in [9.17, 15) is 0 Å². The van der Waals surface area contributed by atoms with Crippen LogP contribution in [-0.2, 0) is 5.41 Å². The molecule has 3 heteroatoms.